The van der Waals surface area contributed by atoms with E-state index < -0.39 is 0 Å². The van der Waals surface area contributed by atoms with Gasteiger partial charge in [0.2, 0.25) is 0 Å². The maximum absolute atomic E-state index is 13.1. The van der Waals surface area contributed by atoms with E-state index in [4.69, 9.17) is 0 Å². The maximum atomic E-state index is 13.1. The van der Waals surface area contributed by atoms with Crippen molar-refractivity contribution in [3.8, 4) is 11.1 Å². The molecule has 1 saturated heterocycles. The predicted octanol–water partition coefficient (Wildman–Crippen LogP) is 5.12. The van der Waals surface area contributed by atoms with Gasteiger partial charge in [0.25, 0.3) is 0 Å². The Morgan fingerprint density at radius 3 is 2.54 bits per heavy atom. The van der Waals surface area contributed by atoms with Gasteiger partial charge in [-0.25, -0.2) is 0 Å². The third kappa shape index (κ3) is 5.49. The molecule has 0 bridgehead atoms. The summed E-state index contributed by atoms with van der Waals surface area (Å²) in [6.07, 6.45) is 11.1. The van der Waals surface area contributed by atoms with Crippen molar-refractivity contribution in [2.45, 2.75) is 45.6 Å². The number of Topliss-reactive ketones (excluding diaryl/α,β-unsaturated/α-hetero) is 1. The molecule has 0 unspecified atom stereocenters. The third-order valence-corrected chi connectivity index (χ3v) is 7.17. The standard InChI is InChI=1S/C29H33N5O/c1-20(2)34-10-7-21(8-11-34)12-27-14-23(6-9-30-27)29(35)16-28-15-25-13-22(4-5-24(25)17-31-28)26-18-32-33(3)19-26/h4-6,9,13-15,17-21H,7-8,10-12,16H2,1-3H3. The van der Waals surface area contributed by atoms with Crippen LogP contribution in [0, 0.1) is 5.92 Å². The number of benzene rings is 1. The lowest BCUT2D eigenvalue weighted by atomic mass is 9.91. The molecule has 1 fully saturated rings. The Morgan fingerprint density at radius 2 is 1.80 bits per heavy atom. The van der Waals surface area contributed by atoms with E-state index in [0.29, 0.717) is 12.0 Å². The van der Waals surface area contributed by atoms with Gasteiger partial charge < -0.3 is 4.90 Å². The summed E-state index contributed by atoms with van der Waals surface area (Å²) in [5, 5.41) is 6.41. The summed E-state index contributed by atoms with van der Waals surface area (Å²) < 4.78 is 1.80. The summed E-state index contributed by atoms with van der Waals surface area (Å²) in [4.78, 5) is 24.8. The Labute approximate surface area is 207 Å². The largest absolute Gasteiger partial charge is 0.301 e. The normalized spacial score (nSPS) is 15.2. The molecular formula is C29H33N5O. The number of aromatic nitrogens is 4. The molecule has 6 nitrogen and oxygen atoms in total. The molecule has 180 valence electrons. The molecule has 3 aromatic heterocycles. The van der Waals surface area contributed by atoms with Crippen LogP contribution in [0.1, 0.15) is 48.4 Å². The molecule has 0 radical (unpaired) electrons. The van der Waals surface area contributed by atoms with Gasteiger partial charge in [-0.3, -0.25) is 19.4 Å². The SMILES string of the molecule is CC(C)N1CCC(Cc2cc(C(=O)Cc3cc4cc(-c5cnn(C)c5)ccc4cn3)ccn2)CC1. The number of hydrogen-bond donors (Lipinski definition) is 0. The van der Waals surface area contributed by atoms with Crippen LogP contribution in [0.2, 0.25) is 0 Å². The first-order valence-corrected chi connectivity index (χ1v) is 12.5. The highest BCUT2D eigenvalue weighted by molar-refractivity contribution is 5.98. The number of ketones is 1. The molecule has 6 heteroatoms. The number of carbonyl (C=O) groups excluding carboxylic acids is 1. The lowest BCUT2D eigenvalue weighted by molar-refractivity contribution is 0.0991. The molecule has 0 saturated carbocycles. The Bertz CT molecular complexity index is 1330. The summed E-state index contributed by atoms with van der Waals surface area (Å²) >= 11 is 0. The van der Waals surface area contributed by atoms with Gasteiger partial charge in [-0.1, -0.05) is 12.1 Å². The van der Waals surface area contributed by atoms with Crippen LogP contribution in [-0.4, -0.2) is 49.6 Å². The highest BCUT2D eigenvalue weighted by Crippen LogP contribution is 2.25. The Morgan fingerprint density at radius 1 is 0.971 bits per heavy atom. The zero-order valence-corrected chi connectivity index (χ0v) is 20.8. The molecule has 4 aromatic rings. The van der Waals surface area contributed by atoms with Crippen LogP contribution in [0.25, 0.3) is 21.9 Å². The molecule has 5 rings (SSSR count). The zero-order chi connectivity index (χ0) is 24.4. The van der Waals surface area contributed by atoms with Gasteiger partial charge in [-0.2, -0.15) is 5.10 Å². The molecule has 1 aliphatic rings. The number of hydrogen-bond acceptors (Lipinski definition) is 5. The minimum absolute atomic E-state index is 0.0820. The average molecular weight is 468 g/mol. The smallest absolute Gasteiger partial charge is 0.168 e. The van der Waals surface area contributed by atoms with Crippen molar-refractivity contribution in [2.75, 3.05) is 13.1 Å². The van der Waals surface area contributed by atoms with E-state index >= 15 is 0 Å². The zero-order valence-electron chi connectivity index (χ0n) is 20.8. The van der Waals surface area contributed by atoms with Crippen LogP contribution in [0.5, 0.6) is 0 Å². The predicted molar refractivity (Wildman–Crippen MR) is 139 cm³/mol. The van der Waals surface area contributed by atoms with Gasteiger partial charge in [0.15, 0.2) is 5.78 Å². The number of piperidine rings is 1. The van der Waals surface area contributed by atoms with Gasteiger partial charge in [0.1, 0.15) is 0 Å². The molecular weight excluding hydrogens is 434 g/mol. The van der Waals surface area contributed by atoms with Crippen LogP contribution in [0.15, 0.2) is 61.2 Å². The maximum Gasteiger partial charge on any atom is 0.168 e. The number of carbonyl (C=O) groups is 1. The fourth-order valence-corrected chi connectivity index (χ4v) is 5.03. The van der Waals surface area contributed by atoms with Crippen molar-refractivity contribution in [1.82, 2.24) is 24.6 Å². The van der Waals surface area contributed by atoms with Crippen LogP contribution in [0.4, 0.5) is 0 Å². The van der Waals surface area contributed by atoms with Crippen molar-refractivity contribution >= 4 is 16.6 Å². The molecule has 0 aliphatic carbocycles. The van der Waals surface area contributed by atoms with Crippen LogP contribution >= 0.6 is 0 Å². The Balaban J connectivity index is 1.27. The number of aryl methyl sites for hydroxylation is 1. The first kappa shape index (κ1) is 23.4. The highest BCUT2D eigenvalue weighted by atomic mass is 16.1. The van der Waals surface area contributed by atoms with E-state index in [-0.39, 0.29) is 12.2 Å². The van der Waals surface area contributed by atoms with Crippen LogP contribution < -0.4 is 0 Å². The summed E-state index contributed by atoms with van der Waals surface area (Å²) in [5.41, 5.74) is 4.70. The molecule has 0 N–H and O–H groups in total. The van der Waals surface area contributed by atoms with Crippen molar-refractivity contribution in [1.29, 1.82) is 0 Å². The molecule has 0 spiro atoms. The monoisotopic (exact) mass is 467 g/mol. The van der Waals surface area contributed by atoms with Crippen molar-refractivity contribution in [2.24, 2.45) is 13.0 Å². The fraction of sp³-hybridized carbons (Fsp3) is 0.379. The summed E-state index contributed by atoms with van der Waals surface area (Å²) in [7, 11) is 1.91. The fourth-order valence-electron chi connectivity index (χ4n) is 5.03. The van der Waals surface area contributed by atoms with Gasteiger partial charge in [0, 0.05) is 59.6 Å². The second kappa shape index (κ2) is 10.1. The topological polar surface area (TPSA) is 63.9 Å². The lowest BCUT2D eigenvalue weighted by Crippen LogP contribution is -2.38. The minimum Gasteiger partial charge on any atom is -0.301 e. The second-order valence-corrected chi connectivity index (χ2v) is 10.1. The minimum atomic E-state index is 0.0820. The second-order valence-electron chi connectivity index (χ2n) is 10.1. The van der Waals surface area contributed by atoms with Gasteiger partial charge in [-0.15, -0.1) is 0 Å². The Kier molecular flexibility index (Phi) is 6.73. The van der Waals surface area contributed by atoms with E-state index in [2.05, 4.69) is 52.0 Å². The third-order valence-electron chi connectivity index (χ3n) is 7.17. The average Bonchev–Trinajstić information content (AvgIpc) is 3.30. The molecule has 4 heterocycles. The number of fused-ring (bicyclic) bond motifs is 1. The van der Waals surface area contributed by atoms with Gasteiger partial charge in [0.05, 0.1) is 12.6 Å². The Hall–Kier alpha value is -3.38. The van der Waals surface area contributed by atoms with E-state index in [1.54, 1.807) is 10.9 Å². The summed E-state index contributed by atoms with van der Waals surface area (Å²) in [5.74, 6) is 0.720. The van der Waals surface area contributed by atoms with E-state index in [1.807, 2.05) is 43.8 Å². The van der Waals surface area contributed by atoms with E-state index in [9.17, 15) is 4.79 Å². The van der Waals surface area contributed by atoms with Gasteiger partial charge in [-0.05, 0) is 87.3 Å². The molecule has 1 aliphatic heterocycles. The van der Waals surface area contributed by atoms with Crippen molar-refractivity contribution in [3.05, 3.63) is 78.1 Å². The quantitative estimate of drug-likeness (QED) is 0.353. The first-order valence-electron chi connectivity index (χ1n) is 12.5. The molecule has 0 atom stereocenters. The highest BCUT2D eigenvalue weighted by Gasteiger charge is 2.21. The van der Waals surface area contributed by atoms with E-state index in [1.165, 1.54) is 12.8 Å². The van der Waals surface area contributed by atoms with Crippen molar-refractivity contribution < 1.29 is 4.79 Å². The number of rotatable bonds is 7. The summed E-state index contributed by atoms with van der Waals surface area (Å²) in [6.45, 7) is 6.83. The van der Waals surface area contributed by atoms with Crippen LogP contribution in [0.3, 0.4) is 0 Å². The molecule has 35 heavy (non-hydrogen) atoms. The van der Waals surface area contributed by atoms with Crippen LogP contribution in [-0.2, 0) is 19.9 Å². The molecule has 1 aromatic carbocycles. The number of likely N-dealkylation sites (tertiary alicyclic amines) is 1. The van der Waals surface area contributed by atoms with E-state index in [0.717, 1.165) is 58.4 Å². The number of pyridine rings is 2. The summed E-state index contributed by atoms with van der Waals surface area (Å²) in [6, 6.07) is 12.7. The van der Waals surface area contributed by atoms with Gasteiger partial charge >= 0.3 is 0 Å². The number of nitrogens with zero attached hydrogens (tertiary/aromatic N) is 5. The molecule has 0 amide bonds. The lowest BCUT2D eigenvalue weighted by Gasteiger charge is -2.34. The first-order chi connectivity index (χ1) is 16.9. The van der Waals surface area contributed by atoms with Crippen molar-refractivity contribution in [3.63, 3.8) is 0 Å².